The topological polar surface area (TPSA) is 122 Å². The van der Waals surface area contributed by atoms with E-state index in [1.165, 1.54) is 0 Å². The normalized spacial score (nSPS) is 10.8. The first-order valence-electron chi connectivity index (χ1n) is 9.95. The highest BCUT2D eigenvalue weighted by atomic mass is 16.1. The Morgan fingerprint density at radius 3 is 2.62 bits per heavy atom. The molecular weight excluding hydrogens is 402 g/mol. The number of benzene rings is 2. The summed E-state index contributed by atoms with van der Waals surface area (Å²) in [4.78, 5) is 29.3. The molecule has 0 aliphatic rings. The third-order valence-corrected chi connectivity index (χ3v) is 4.89. The Hall–Kier alpha value is -4.72. The number of hydrogen-bond donors (Lipinski definition) is 4. The van der Waals surface area contributed by atoms with Gasteiger partial charge in [-0.1, -0.05) is 6.07 Å². The van der Waals surface area contributed by atoms with Crippen molar-refractivity contribution >= 4 is 40.0 Å². The minimum Gasteiger partial charge on any atom is -0.399 e. The third-order valence-electron chi connectivity index (χ3n) is 4.89. The van der Waals surface area contributed by atoms with E-state index in [1.807, 2.05) is 30.5 Å². The summed E-state index contributed by atoms with van der Waals surface area (Å²) in [7, 11) is 0. The Bertz CT molecular complexity index is 1400. The van der Waals surface area contributed by atoms with Gasteiger partial charge in [0.1, 0.15) is 5.69 Å². The fraction of sp³-hybridized carbons (Fsp3) is 0. The van der Waals surface area contributed by atoms with E-state index in [1.54, 1.807) is 54.9 Å². The smallest absolute Gasteiger partial charge is 0.255 e. The molecule has 0 atom stereocenters. The molecule has 5 N–H and O–H groups in total. The number of nitrogen functional groups attached to an aromatic ring is 1. The number of anilines is 4. The summed E-state index contributed by atoms with van der Waals surface area (Å²) in [5.74, 6) is 0.198. The molecule has 1 amide bonds. The summed E-state index contributed by atoms with van der Waals surface area (Å²) in [5.41, 5.74) is 11.4. The van der Waals surface area contributed by atoms with Crippen molar-refractivity contribution in [1.29, 1.82) is 0 Å². The SMILES string of the molecule is Nc1ccc(NC(=O)c2cccc(Nc3nc(-c4cccnc4)c4[nH]ccc4n3)c2)cc1. The van der Waals surface area contributed by atoms with Crippen molar-refractivity contribution < 1.29 is 4.79 Å². The first kappa shape index (κ1) is 19.3. The molecule has 0 aliphatic carbocycles. The maximum Gasteiger partial charge on any atom is 0.255 e. The van der Waals surface area contributed by atoms with Gasteiger partial charge in [0.05, 0.1) is 11.0 Å². The average molecular weight is 421 g/mol. The van der Waals surface area contributed by atoms with E-state index >= 15 is 0 Å². The second kappa shape index (κ2) is 8.19. The van der Waals surface area contributed by atoms with Crippen LogP contribution in [0, 0.1) is 0 Å². The Morgan fingerprint density at radius 1 is 0.938 bits per heavy atom. The molecule has 0 saturated carbocycles. The standard InChI is InChI=1S/C24H19N7O/c25-17-6-8-18(9-7-17)28-23(32)15-3-1-5-19(13-15)29-24-30-20-10-12-27-22(20)21(31-24)16-4-2-11-26-14-16/h1-14,27H,25H2,(H,28,32)(H,29,30,31). The zero-order chi connectivity index (χ0) is 21.9. The molecule has 3 heterocycles. The maximum absolute atomic E-state index is 12.7. The van der Waals surface area contributed by atoms with E-state index < -0.39 is 0 Å². The van der Waals surface area contributed by atoms with Gasteiger partial charge in [0, 0.05) is 46.8 Å². The first-order valence-corrected chi connectivity index (χ1v) is 9.95. The van der Waals surface area contributed by atoms with Gasteiger partial charge in [-0.15, -0.1) is 0 Å². The van der Waals surface area contributed by atoms with Gasteiger partial charge < -0.3 is 21.4 Å². The first-order chi connectivity index (χ1) is 15.7. The van der Waals surface area contributed by atoms with E-state index in [0.717, 1.165) is 22.3 Å². The van der Waals surface area contributed by atoms with Crippen LogP contribution >= 0.6 is 0 Å². The van der Waals surface area contributed by atoms with Crippen LogP contribution in [-0.2, 0) is 0 Å². The molecular formula is C24H19N7O. The van der Waals surface area contributed by atoms with Crippen molar-refractivity contribution in [2.24, 2.45) is 0 Å². The molecule has 32 heavy (non-hydrogen) atoms. The molecule has 5 aromatic rings. The van der Waals surface area contributed by atoms with Crippen LogP contribution in [0.25, 0.3) is 22.3 Å². The number of aromatic nitrogens is 4. The summed E-state index contributed by atoms with van der Waals surface area (Å²) in [6.45, 7) is 0. The van der Waals surface area contributed by atoms with E-state index in [9.17, 15) is 4.79 Å². The summed E-state index contributed by atoms with van der Waals surface area (Å²) in [5, 5.41) is 6.07. The van der Waals surface area contributed by atoms with Crippen LogP contribution < -0.4 is 16.4 Å². The number of nitrogens with two attached hydrogens (primary N) is 1. The minimum atomic E-state index is -0.225. The molecule has 5 rings (SSSR count). The molecule has 0 aliphatic heterocycles. The average Bonchev–Trinajstić information content (AvgIpc) is 3.29. The number of pyridine rings is 1. The van der Waals surface area contributed by atoms with Gasteiger partial charge in [-0.2, -0.15) is 0 Å². The van der Waals surface area contributed by atoms with Crippen molar-refractivity contribution in [2.75, 3.05) is 16.4 Å². The van der Waals surface area contributed by atoms with Gasteiger partial charge >= 0.3 is 0 Å². The quantitative estimate of drug-likeness (QED) is 0.308. The summed E-state index contributed by atoms with van der Waals surface area (Å²) in [6.07, 6.45) is 5.30. The highest BCUT2D eigenvalue weighted by Crippen LogP contribution is 2.27. The largest absolute Gasteiger partial charge is 0.399 e. The van der Waals surface area contributed by atoms with Crippen molar-refractivity contribution in [3.05, 3.63) is 90.9 Å². The molecule has 3 aromatic heterocycles. The molecule has 8 nitrogen and oxygen atoms in total. The van der Waals surface area contributed by atoms with Crippen LogP contribution in [-0.4, -0.2) is 25.8 Å². The molecule has 8 heteroatoms. The van der Waals surface area contributed by atoms with E-state index in [4.69, 9.17) is 5.73 Å². The number of rotatable bonds is 5. The Balaban J connectivity index is 1.42. The fourth-order valence-electron chi connectivity index (χ4n) is 3.35. The van der Waals surface area contributed by atoms with Crippen molar-refractivity contribution in [2.45, 2.75) is 0 Å². The van der Waals surface area contributed by atoms with Crippen LogP contribution in [0.5, 0.6) is 0 Å². The summed E-state index contributed by atoms with van der Waals surface area (Å²) in [6, 6.07) is 19.8. The van der Waals surface area contributed by atoms with Gasteiger partial charge in [0.2, 0.25) is 5.95 Å². The monoisotopic (exact) mass is 421 g/mol. The Morgan fingerprint density at radius 2 is 1.81 bits per heavy atom. The van der Waals surface area contributed by atoms with Gasteiger partial charge in [-0.05, 0) is 60.7 Å². The molecule has 0 radical (unpaired) electrons. The van der Waals surface area contributed by atoms with E-state index in [-0.39, 0.29) is 5.91 Å². The maximum atomic E-state index is 12.7. The van der Waals surface area contributed by atoms with Crippen molar-refractivity contribution in [3.8, 4) is 11.3 Å². The van der Waals surface area contributed by atoms with Gasteiger partial charge in [-0.25, -0.2) is 9.97 Å². The number of amides is 1. The molecule has 0 spiro atoms. The van der Waals surface area contributed by atoms with Gasteiger partial charge in [-0.3, -0.25) is 9.78 Å². The zero-order valence-electron chi connectivity index (χ0n) is 16.9. The van der Waals surface area contributed by atoms with E-state index in [2.05, 4.69) is 30.6 Å². The third kappa shape index (κ3) is 3.97. The number of H-pyrrole nitrogens is 1. The predicted octanol–water partition coefficient (Wildman–Crippen LogP) is 4.60. The lowest BCUT2D eigenvalue weighted by molar-refractivity contribution is 0.102. The number of hydrogen-bond acceptors (Lipinski definition) is 6. The number of carbonyl (C=O) groups excluding carboxylic acids is 1. The van der Waals surface area contributed by atoms with Crippen LogP contribution in [0.1, 0.15) is 10.4 Å². The molecule has 156 valence electrons. The van der Waals surface area contributed by atoms with Crippen LogP contribution in [0.4, 0.5) is 23.0 Å². The zero-order valence-corrected chi connectivity index (χ0v) is 16.9. The lowest BCUT2D eigenvalue weighted by Crippen LogP contribution is -2.12. The second-order valence-corrected chi connectivity index (χ2v) is 7.16. The summed E-state index contributed by atoms with van der Waals surface area (Å²) < 4.78 is 0. The highest BCUT2D eigenvalue weighted by molar-refractivity contribution is 6.05. The molecule has 2 aromatic carbocycles. The Kier molecular flexibility index (Phi) is 4.93. The van der Waals surface area contributed by atoms with E-state index in [0.29, 0.717) is 28.6 Å². The van der Waals surface area contributed by atoms with Crippen LogP contribution in [0.2, 0.25) is 0 Å². The van der Waals surface area contributed by atoms with Crippen molar-refractivity contribution in [3.63, 3.8) is 0 Å². The number of nitrogens with one attached hydrogen (secondary N) is 3. The fourth-order valence-corrected chi connectivity index (χ4v) is 3.35. The summed E-state index contributed by atoms with van der Waals surface area (Å²) >= 11 is 0. The number of aromatic amines is 1. The minimum absolute atomic E-state index is 0.225. The lowest BCUT2D eigenvalue weighted by atomic mass is 10.1. The molecule has 0 bridgehead atoms. The molecule has 0 unspecified atom stereocenters. The van der Waals surface area contributed by atoms with Crippen LogP contribution in [0.15, 0.2) is 85.3 Å². The van der Waals surface area contributed by atoms with Gasteiger partial charge in [0.25, 0.3) is 5.91 Å². The Labute approximate surface area is 183 Å². The predicted molar refractivity (Wildman–Crippen MR) is 126 cm³/mol. The number of fused-ring (bicyclic) bond motifs is 1. The van der Waals surface area contributed by atoms with Crippen LogP contribution in [0.3, 0.4) is 0 Å². The second-order valence-electron chi connectivity index (χ2n) is 7.16. The number of nitrogens with zero attached hydrogens (tertiary/aromatic N) is 3. The lowest BCUT2D eigenvalue weighted by Gasteiger charge is -2.10. The molecule has 0 fully saturated rings. The molecule has 0 saturated heterocycles. The number of carbonyl (C=O) groups is 1. The highest BCUT2D eigenvalue weighted by Gasteiger charge is 2.12. The van der Waals surface area contributed by atoms with Gasteiger partial charge in [0.15, 0.2) is 0 Å². The van der Waals surface area contributed by atoms with Crippen molar-refractivity contribution in [1.82, 2.24) is 19.9 Å².